The molecule has 0 aromatic heterocycles. The highest BCUT2D eigenvalue weighted by Gasteiger charge is 2.15. The van der Waals surface area contributed by atoms with Crippen molar-refractivity contribution in [3.05, 3.63) is 39.7 Å². The lowest BCUT2D eigenvalue weighted by Crippen LogP contribution is -2.14. The second-order valence-corrected chi connectivity index (χ2v) is 4.46. The van der Waals surface area contributed by atoms with E-state index >= 15 is 0 Å². The SMILES string of the molecule is NS(=O)(=O)Cc1ccc([N+](=O)[O-])c(F)c1. The minimum Gasteiger partial charge on any atom is -0.258 e. The molecule has 2 N–H and O–H groups in total. The van der Waals surface area contributed by atoms with E-state index in [9.17, 15) is 22.9 Å². The minimum absolute atomic E-state index is 0.0700. The summed E-state index contributed by atoms with van der Waals surface area (Å²) in [5.41, 5.74) is -0.631. The molecule has 0 saturated heterocycles. The van der Waals surface area contributed by atoms with Gasteiger partial charge >= 0.3 is 5.69 Å². The molecule has 0 aliphatic rings. The van der Waals surface area contributed by atoms with Gasteiger partial charge in [0.2, 0.25) is 15.8 Å². The predicted molar refractivity (Wildman–Crippen MR) is 49.9 cm³/mol. The molecule has 0 radical (unpaired) electrons. The molecule has 0 aliphatic carbocycles. The molecule has 1 aromatic carbocycles. The van der Waals surface area contributed by atoms with E-state index in [2.05, 4.69) is 0 Å². The third-order valence-electron chi connectivity index (χ3n) is 1.58. The molecule has 0 fully saturated rings. The van der Waals surface area contributed by atoms with Crippen molar-refractivity contribution in [1.82, 2.24) is 0 Å². The summed E-state index contributed by atoms with van der Waals surface area (Å²) in [4.78, 5) is 9.35. The van der Waals surface area contributed by atoms with Crippen molar-refractivity contribution < 1.29 is 17.7 Å². The van der Waals surface area contributed by atoms with Crippen LogP contribution in [0.4, 0.5) is 10.1 Å². The summed E-state index contributed by atoms with van der Waals surface area (Å²) in [6.07, 6.45) is 0. The average Bonchev–Trinajstić information content (AvgIpc) is 1.99. The minimum atomic E-state index is -3.76. The standard InChI is InChI=1S/C7H7FN2O4S/c8-6-3-5(4-15(9,13)14)1-2-7(6)10(11)12/h1-3H,4H2,(H2,9,13,14). The normalized spacial score (nSPS) is 11.3. The van der Waals surface area contributed by atoms with Crippen molar-refractivity contribution in [2.45, 2.75) is 5.75 Å². The van der Waals surface area contributed by atoms with Crippen LogP contribution in [0.5, 0.6) is 0 Å². The molecule has 6 nitrogen and oxygen atoms in total. The van der Waals surface area contributed by atoms with Gasteiger partial charge in [0.25, 0.3) is 0 Å². The Kier molecular flexibility index (Phi) is 3.01. The number of sulfonamides is 1. The molecular formula is C7H7FN2O4S. The first-order chi connectivity index (χ1) is 6.79. The van der Waals surface area contributed by atoms with E-state index < -0.39 is 32.2 Å². The maximum Gasteiger partial charge on any atom is 0.304 e. The molecule has 0 spiro atoms. The van der Waals surface area contributed by atoms with Gasteiger partial charge in [-0.25, -0.2) is 13.6 Å². The lowest BCUT2D eigenvalue weighted by Gasteiger charge is -1.99. The van der Waals surface area contributed by atoms with Crippen molar-refractivity contribution in [2.75, 3.05) is 0 Å². The zero-order valence-electron chi connectivity index (χ0n) is 7.38. The van der Waals surface area contributed by atoms with Gasteiger partial charge in [0.1, 0.15) is 0 Å². The fourth-order valence-electron chi connectivity index (χ4n) is 1.02. The van der Waals surface area contributed by atoms with E-state index in [1.165, 1.54) is 0 Å². The van der Waals surface area contributed by atoms with Gasteiger partial charge in [-0.3, -0.25) is 10.1 Å². The molecule has 0 unspecified atom stereocenters. The van der Waals surface area contributed by atoms with Gasteiger partial charge in [-0.2, -0.15) is 4.39 Å². The van der Waals surface area contributed by atoms with Crippen LogP contribution in [-0.4, -0.2) is 13.3 Å². The van der Waals surface area contributed by atoms with Crippen LogP contribution in [0, 0.1) is 15.9 Å². The van der Waals surface area contributed by atoms with Gasteiger partial charge < -0.3 is 0 Å². The van der Waals surface area contributed by atoms with Gasteiger partial charge in [-0.15, -0.1) is 0 Å². The first kappa shape index (κ1) is 11.5. The fourth-order valence-corrected chi connectivity index (χ4v) is 1.66. The van der Waals surface area contributed by atoms with E-state index in [4.69, 9.17) is 5.14 Å². The molecule has 0 aliphatic heterocycles. The molecule has 1 rings (SSSR count). The van der Waals surface area contributed by atoms with Crippen LogP contribution in [0.3, 0.4) is 0 Å². The highest BCUT2D eigenvalue weighted by atomic mass is 32.2. The predicted octanol–water partition coefficient (Wildman–Crippen LogP) is 0.522. The molecule has 0 bridgehead atoms. The molecule has 1 aromatic rings. The molecule has 15 heavy (non-hydrogen) atoms. The topological polar surface area (TPSA) is 103 Å². The smallest absolute Gasteiger partial charge is 0.258 e. The Hall–Kier alpha value is -1.54. The highest BCUT2D eigenvalue weighted by molar-refractivity contribution is 7.88. The van der Waals surface area contributed by atoms with Gasteiger partial charge in [-0.1, -0.05) is 6.07 Å². The van der Waals surface area contributed by atoms with Crippen LogP contribution >= 0.6 is 0 Å². The van der Waals surface area contributed by atoms with E-state index in [0.717, 1.165) is 18.2 Å². The van der Waals surface area contributed by atoms with Crippen LogP contribution in [-0.2, 0) is 15.8 Å². The van der Waals surface area contributed by atoms with Gasteiger partial charge in [0.05, 0.1) is 10.7 Å². The highest BCUT2D eigenvalue weighted by Crippen LogP contribution is 2.18. The summed E-state index contributed by atoms with van der Waals surface area (Å²) in [6.45, 7) is 0. The molecular weight excluding hydrogens is 227 g/mol. The van der Waals surface area contributed by atoms with Crippen molar-refractivity contribution in [1.29, 1.82) is 0 Å². The van der Waals surface area contributed by atoms with E-state index in [-0.39, 0.29) is 5.56 Å². The summed E-state index contributed by atoms with van der Waals surface area (Å²) in [5, 5.41) is 15.0. The number of nitrogens with zero attached hydrogens (tertiary/aromatic N) is 1. The number of benzene rings is 1. The number of nitro benzene ring substituents is 1. The van der Waals surface area contributed by atoms with Crippen molar-refractivity contribution in [3.63, 3.8) is 0 Å². The summed E-state index contributed by atoms with van der Waals surface area (Å²) >= 11 is 0. The van der Waals surface area contributed by atoms with Crippen molar-refractivity contribution in [2.24, 2.45) is 5.14 Å². The fraction of sp³-hybridized carbons (Fsp3) is 0.143. The Bertz CT molecular complexity index is 500. The number of halogens is 1. The molecule has 8 heteroatoms. The Morgan fingerprint density at radius 1 is 1.47 bits per heavy atom. The number of hydrogen-bond acceptors (Lipinski definition) is 4. The summed E-state index contributed by atoms with van der Waals surface area (Å²) in [6, 6.07) is 2.82. The number of primary sulfonamides is 1. The summed E-state index contributed by atoms with van der Waals surface area (Å²) in [5.74, 6) is -1.64. The van der Waals surface area contributed by atoms with Crippen LogP contribution < -0.4 is 5.14 Å². The van der Waals surface area contributed by atoms with Crippen LogP contribution in [0.25, 0.3) is 0 Å². The third-order valence-corrected chi connectivity index (χ3v) is 2.31. The third kappa shape index (κ3) is 3.26. The largest absolute Gasteiger partial charge is 0.304 e. The molecule has 0 saturated carbocycles. The molecule has 0 atom stereocenters. The lowest BCUT2D eigenvalue weighted by atomic mass is 10.2. The number of hydrogen-bond donors (Lipinski definition) is 1. The zero-order valence-corrected chi connectivity index (χ0v) is 8.20. The van der Waals surface area contributed by atoms with E-state index in [1.807, 2.05) is 0 Å². The molecule has 0 heterocycles. The second kappa shape index (κ2) is 3.91. The zero-order chi connectivity index (χ0) is 11.6. The first-order valence-electron chi connectivity index (χ1n) is 3.73. The van der Waals surface area contributed by atoms with Crippen LogP contribution in [0.1, 0.15) is 5.56 Å². The van der Waals surface area contributed by atoms with Gasteiger partial charge in [0, 0.05) is 6.07 Å². The Morgan fingerprint density at radius 3 is 2.47 bits per heavy atom. The van der Waals surface area contributed by atoms with E-state index in [1.54, 1.807) is 0 Å². The number of nitro groups is 1. The monoisotopic (exact) mass is 234 g/mol. The maximum absolute atomic E-state index is 13.0. The van der Waals surface area contributed by atoms with E-state index in [0.29, 0.717) is 0 Å². The summed E-state index contributed by atoms with van der Waals surface area (Å²) in [7, 11) is -3.76. The van der Waals surface area contributed by atoms with Gasteiger partial charge in [0.15, 0.2) is 0 Å². The average molecular weight is 234 g/mol. The Morgan fingerprint density at radius 2 is 2.07 bits per heavy atom. The van der Waals surface area contributed by atoms with Crippen LogP contribution in [0.2, 0.25) is 0 Å². The quantitative estimate of drug-likeness (QED) is 0.608. The maximum atomic E-state index is 13.0. The van der Waals surface area contributed by atoms with Crippen LogP contribution in [0.15, 0.2) is 18.2 Å². The van der Waals surface area contributed by atoms with Crippen molar-refractivity contribution >= 4 is 15.7 Å². The summed E-state index contributed by atoms with van der Waals surface area (Å²) < 4.78 is 34.3. The lowest BCUT2D eigenvalue weighted by molar-refractivity contribution is -0.387. The Balaban J connectivity index is 3.07. The first-order valence-corrected chi connectivity index (χ1v) is 5.44. The number of nitrogens with two attached hydrogens (primary N) is 1. The number of rotatable bonds is 3. The molecule has 82 valence electrons. The molecule has 0 amide bonds. The van der Waals surface area contributed by atoms with Gasteiger partial charge in [-0.05, 0) is 11.6 Å². The Labute approximate surface area is 84.7 Å². The second-order valence-electron chi connectivity index (χ2n) is 2.85. The van der Waals surface area contributed by atoms with Crippen molar-refractivity contribution in [3.8, 4) is 0 Å².